The molecule has 0 heterocycles. The minimum Gasteiger partial charge on any atom is -0.391 e. The highest BCUT2D eigenvalue weighted by Gasteiger charge is 2.48. The summed E-state index contributed by atoms with van der Waals surface area (Å²) in [5.41, 5.74) is 5.06. The highest BCUT2D eigenvalue weighted by atomic mass is 19.1. The van der Waals surface area contributed by atoms with Crippen molar-refractivity contribution in [1.29, 1.82) is 0 Å². The number of nitrogens with one attached hydrogen (secondary N) is 2. The Kier molecular flexibility index (Phi) is 13.1. The molecule has 0 fully saturated rings. The van der Waals surface area contributed by atoms with Gasteiger partial charge in [0.25, 0.3) is 0 Å². The van der Waals surface area contributed by atoms with Crippen LogP contribution in [0, 0.1) is 28.9 Å². The number of primary amides is 1. The number of aliphatic hydroxyl groups excluding tert-OH is 1. The van der Waals surface area contributed by atoms with E-state index in [1.165, 1.54) is 0 Å². The van der Waals surface area contributed by atoms with Crippen molar-refractivity contribution in [2.24, 2.45) is 23.0 Å². The van der Waals surface area contributed by atoms with Crippen molar-refractivity contribution in [3.63, 3.8) is 0 Å². The average molecular weight is 577 g/mol. The van der Waals surface area contributed by atoms with E-state index >= 15 is 0 Å². The van der Waals surface area contributed by atoms with Gasteiger partial charge in [-0.1, -0.05) is 45.9 Å². The van der Waals surface area contributed by atoms with Crippen LogP contribution >= 0.6 is 0 Å². The van der Waals surface area contributed by atoms with Crippen LogP contribution in [-0.4, -0.2) is 66.1 Å². The average Bonchev–Trinajstić information content (AvgIpc) is 2.91. The fourth-order valence-corrected chi connectivity index (χ4v) is 5.21. The highest BCUT2D eigenvalue weighted by Crippen LogP contribution is 2.43. The zero-order valence-electron chi connectivity index (χ0n) is 24.9. The molecule has 1 aromatic rings. The summed E-state index contributed by atoms with van der Waals surface area (Å²) in [6.07, 6.45) is 4.87. The Hall–Kier alpha value is -3.11. The predicted molar refractivity (Wildman–Crippen MR) is 156 cm³/mol. The Morgan fingerprint density at radius 1 is 1.05 bits per heavy atom. The third kappa shape index (κ3) is 9.46. The van der Waals surface area contributed by atoms with E-state index in [0.29, 0.717) is 25.2 Å². The number of carbonyl (C=O) groups is 3. The lowest BCUT2D eigenvalue weighted by atomic mass is 9.64. The van der Waals surface area contributed by atoms with E-state index in [9.17, 15) is 28.3 Å². The highest BCUT2D eigenvalue weighted by molar-refractivity contribution is 5.96. The number of allylic oxidation sites excluding steroid dienone is 2. The van der Waals surface area contributed by atoms with Crippen molar-refractivity contribution in [2.45, 2.75) is 72.4 Å². The zero-order valence-corrected chi connectivity index (χ0v) is 24.9. The first kappa shape index (κ1) is 34.1. The SMILES string of the molecule is CCCN(CCC)C(=O)C1=CC=CC(C(N)=O)([C@H](Cc2cc(F)cc(F)c2)[C@@H](O)CN[C@@H](C)C(=O)NCC(C)C)C1. The van der Waals surface area contributed by atoms with Crippen LogP contribution < -0.4 is 16.4 Å². The maximum absolute atomic E-state index is 14.1. The molecule has 0 spiro atoms. The molecule has 1 unspecified atom stereocenters. The van der Waals surface area contributed by atoms with Gasteiger partial charge in [-0.15, -0.1) is 0 Å². The summed E-state index contributed by atoms with van der Waals surface area (Å²) in [5.74, 6) is -3.54. The molecule has 10 heteroatoms. The van der Waals surface area contributed by atoms with Crippen LogP contribution in [0.2, 0.25) is 0 Å². The monoisotopic (exact) mass is 576 g/mol. The molecule has 0 aliphatic heterocycles. The fourth-order valence-electron chi connectivity index (χ4n) is 5.21. The van der Waals surface area contributed by atoms with Crippen LogP contribution in [0.15, 0.2) is 42.0 Å². The topological polar surface area (TPSA) is 125 Å². The fraction of sp³-hybridized carbons (Fsp3) is 0.581. The summed E-state index contributed by atoms with van der Waals surface area (Å²) in [7, 11) is 0. The third-order valence-corrected chi connectivity index (χ3v) is 7.40. The van der Waals surface area contributed by atoms with E-state index in [-0.39, 0.29) is 42.7 Å². The normalized spacial score (nSPS) is 18.9. The van der Waals surface area contributed by atoms with Crippen molar-refractivity contribution in [3.8, 4) is 0 Å². The van der Waals surface area contributed by atoms with Gasteiger partial charge in [0, 0.05) is 43.7 Å². The van der Waals surface area contributed by atoms with E-state index < -0.39 is 41.0 Å². The molecule has 2 rings (SSSR count). The van der Waals surface area contributed by atoms with Crippen molar-refractivity contribution in [1.82, 2.24) is 15.5 Å². The van der Waals surface area contributed by atoms with Crippen LogP contribution in [0.4, 0.5) is 8.78 Å². The Labute approximate surface area is 242 Å². The number of nitrogens with zero attached hydrogens (tertiary/aromatic N) is 1. The van der Waals surface area contributed by atoms with E-state index in [1.54, 1.807) is 30.1 Å². The second-order valence-electron chi connectivity index (χ2n) is 11.3. The van der Waals surface area contributed by atoms with Gasteiger partial charge < -0.3 is 26.4 Å². The Bertz CT molecular complexity index is 1100. The summed E-state index contributed by atoms with van der Waals surface area (Å²) in [5, 5.41) is 17.3. The van der Waals surface area contributed by atoms with E-state index in [0.717, 1.165) is 31.0 Å². The van der Waals surface area contributed by atoms with Gasteiger partial charge in [-0.25, -0.2) is 8.78 Å². The summed E-state index contributed by atoms with van der Waals surface area (Å²) in [6, 6.07) is 2.38. The summed E-state index contributed by atoms with van der Waals surface area (Å²) in [6.45, 7) is 11.0. The number of halogens is 2. The number of nitrogens with two attached hydrogens (primary N) is 1. The van der Waals surface area contributed by atoms with Crippen molar-refractivity contribution < 1.29 is 28.3 Å². The molecular formula is C31H46F2N4O4. The van der Waals surface area contributed by atoms with Gasteiger partial charge in [0.15, 0.2) is 0 Å². The number of benzene rings is 1. The van der Waals surface area contributed by atoms with E-state index in [1.807, 2.05) is 27.7 Å². The van der Waals surface area contributed by atoms with Gasteiger partial charge in [-0.05, 0) is 56.2 Å². The Balaban J connectivity index is 2.42. The Morgan fingerprint density at radius 3 is 2.20 bits per heavy atom. The number of hydrogen-bond donors (Lipinski definition) is 4. The second-order valence-corrected chi connectivity index (χ2v) is 11.3. The first-order valence-electron chi connectivity index (χ1n) is 14.5. The summed E-state index contributed by atoms with van der Waals surface area (Å²) in [4.78, 5) is 40.9. The van der Waals surface area contributed by atoms with Crippen molar-refractivity contribution in [2.75, 3.05) is 26.2 Å². The predicted octanol–water partition coefficient (Wildman–Crippen LogP) is 3.24. The summed E-state index contributed by atoms with van der Waals surface area (Å²) < 4.78 is 28.3. The molecule has 4 atom stereocenters. The van der Waals surface area contributed by atoms with Gasteiger partial charge in [-0.3, -0.25) is 14.4 Å². The van der Waals surface area contributed by atoms with Gasteiger partial charge in [0.05, 0.1) is 17.6 Å². The maximum Gasteiger partial charge on any atom is 0.249 e. The molecule has 5 N–H and O–H groups in total. The number of rotatable bonds is 16. The van der Waals surface area contributed by atoms with Crippen LogP contribution in [0.3, 0.4) is 0 Å². The number of aliphatic hydroxyl groups is 1. The van der Waals surface area contributed by atoms with Crippen molar-refractivity contribution in [3.05, 3.63) is 59.2 Å². The lowest BCUT2D eigenvalue weighted by Crippen LogP contribution is -2.53. The van der Waals surface area contributed by atoms with Gasteiger partial charge in [0.2, 0.25) is 17.7 Å². The number of carbonyl (C=O) groups excluding carboxylic acids is 3. The molecule has 0 bridgehead atoms. The maximum atomic E-state index is 14.1. The molecule has 3 amide bonds. The second kappa shape index (κ2) is 15.8. The first-order chi connectivity index (χ1) is 19.3. The molecule has 0 saturated carbocycles. The van der Waals surface area contributed by atoms with Gasteiger partial charge in [-0.2, -0.15) is 0 Å². The zero-order chi connectivity index (χ0) is 30.7. The van der Waals surface area contributed by atoms with E-state index in [4.69, 9.17) is 5.73 Å². The first-order valence-corrected chi connectivity index (χ1v) is 14.5. The van der Waals surface area contributed by atoms with Crippen LogP contribution in [-0.2, 0) is 20.8 Å². The molecule has 0 saturated heterocycles. The molecular weight excluding hydrogens is 530 g/mol. The molecule has 228 valence electrons. The molecule has 0 aromatic heterocycles. The third-order valence-electron chi connectivity index (χ3n) is 7.40. The number of amides is 3. The molecule has 1 aromatic carbocycles. The van der Waals surface area contributed by atoms with Crippen molar-refractivity contribution >= 4 is 17.7 Å². The smallest absolute Gasteiger partial charge is 0.249 e. The molecule has 1 aliphatic carbocycles. The number of hydrogen-bond acceptors (Lipinski definition) is 5. The Morgan fingerprint density at radius 2 is 1.66 bits per heavy atom. The lowest BCUT2D eigenvalue weighted by Gasteiger charge is -2.41. The quantitative estimate of drug-likeness (QED) is 0.241. The lowest BCUT2D eigenvalue weighted by molar-refractivity contribution is -0.132. The largest absolute Gasteiger partial charge is 0.391 e. The standard InChI is InChI=1S/C31H46F2N4O4/c1-6-11-37(12-7-2)29(40)23-9-8-10-31(17-23,30(34)41)26(15-22-13-24(32)16-25(33)14-22)27(38)19-35-21(5)28(39)36-18-20(3)4/h8-10,13-14,16,20-21,26-27,35,38H,6-7,11-12,15,17-19H2,1-5H3,(H2,34,41)(H,36,39)/t21-,26+,27-,31?/m0/s1. The van der Waals surface area contributed by atoms with Crippen LogP contribution in [0.5, 0.6) is 0 Å². The minimum atomic E-state index is -1.53. The molecule has 0 radical (unpaired) electrons. The van der Waals surface area contributed by atoms with Crippen LogP contribution in [0.25, 0.3) is 0 Å². The van der Waals surface area contributed by atoms with E-state index in [2.05, 4.69) is 10.6 Å². The molecule has 8 nitrogen and oxygen atoms in total. The molecule has 41 heavy (non-hydrogen) atoms. The van der Waals surface area contributed by atoms with Gasteiger partial charge >= 0.3 is 0 Å². The minimum absolute atomic E-state index is 0.0778. The van der Waals surface area contributed by atoms with Crippen LogP contribution in [0.1, 0.15) is 59.4 Å². The van der Waals surface area contributed by atoms with Gasteiger partial charge in [0.1, 0.15) is 11.6 Å². The molecule has 1 aliphatic rings. The summed E-state index contributed by atoms with van der Waals surface area (Å²) >= 11 is 0.